The van der Waals surface area contributed by atoms with Crippen molar-refractivity contribution in [2.45, 2.75) is 13.5 Å². The van der Waals surface area contributed by atoms with E-state index in [4.69, 9.17) is 21.1 Å². The number of rotatable bonds is 7. The first-order valence-electron chi connectivity index (χ1n) is 11.1. The molecule has 34 heavy (non-hydrogen) atoms. The number of anilines is 1. The Morgan fingerprint density at radius 2 is 1.50 bits per heavy atom. The molecule has 1 amide bonds. The molecule has 1 fully saturated rings. The van der Waals surface area contributed by atoms with Gasteiger partial charge < -0.3 is 19.3 Å². The number of halogens is 1. The van der Waals surface area contributed by atoms with E-state index in [9.17, 15) is 9.59 Å². The predicted molar refractivity (Wildman–Crippen MR) is 133 cm³/mol. The molecule has 176 valence electrons. The maximum atomic E-state index is 13.1. The van der Waals surface area contributed by atoms with Crippen molar-refractivity contribution in [1.29, 1.82) is 0 Å². The molecule has 1 aliphatic heterocycles. The maximum Gasteiger partial charge on any atom is 0.254 e. The molecule has 0 N–H and O–H groups in total. The lowest BCUT2D eigenvalue weighted by molar-refractivity contribution is 0.0746. The number of benzene rings is 3. The fourth-order valence-corrected chi connectivity index (χ4v) is 4.04. The molecule has 7 heteroatoms. The maximum absolute atomic E-state index is 13.1. The number of hydrogen-bond donors (Lipinski definition) is 0. The van der Waals surface area contributed by atoms with E-state index in [0.717, 1.165) is 24.3 Å². The van der Waals surface area contributed by atoms with Crippen LogP contribution in [0.3, 0.4) is 0 Å². The van der Waals surface area contributed by atoms with Gasteiger partial charge in [-0.2, -0.15) is 0 Å². The lowest BCUT2D eigenvalue weighted by atomic mass is 10.1. The number of Topliss-reactive ketones (excluding diaryl/α,β-unsaturated/α-hetero) is 1. The molecule has 3 aromatic rings. The van der Waals surface area contributed by atoms with Gasteiger partial charge in [-0.05, 0) is 67.1 Å². The molecule has 0 saturated carbocycles. The molecule has 0 spiro atoms. The van der Waals surface area contributed by atoms with Crippen LogP contribution in [0.15, 0.2) is 66.7 Å². The quantitative estimate of drug-likeness (QED) is 0.442. The van der Waals surface area contributed by atoms with Gasteiger partial charge in [0.2, 0.25) is 0 Å². The molecule has 4 rings (SSSR count). The fourth-order valence-electron chi connectivity index (χ4n) is 3.92. The molecule has 1 heterocycles. The Balaban J connectivity index is 1.37. The predicted octanol–water partition coefficient (Wildman–Crippen LogP) is 5.09. The highest BCUT2D eigenvalue weighted by Gasteiger charge is 2.23. The van der Waals surface area contributed by atoms with Gasteiger partial charge in [0.25, 0.3) is 5.91 Å². The Morgan fingerprint density at radius 3 is 2.12 bits per heavy atom. The molecule has 1 aliphatic rings. The SMILES string of the molecule is COc1cc(C(=O)N2CCN(c3ccc(C(C)=O)cc3)CC2)ccc1OCc1ccc(Cl)cc1. The highest BCUT2D eigenvalue weighted by Crippen LogP contribution is 2.30. The number of ether oxygens (including phenoxy) is 2. The van der Waals surface area contributed by atoms with E-state index in [-0.39, 0.29) is 11.7 Å². The van der Waals surface area contributed by atoms with Crippen molar-refractivity contribution in [3.8, 4) is 11.5 Å². The van der Waals surface area contributed by atoms with Crippen molar-refractivity contribution >= 4 is 29.0 Å². The third-order valence-electron chi connectivity index (χ3n) is 5.92. The Morgan fingerprint density at radius 1 is 0.853 bits per heavy atom. The molecule has 0 unspecified atom stereocenters. The highest BCUT2D eigenvalue weighted by atomic mass is 35.5. The van der Waals surface area contributed by atoms with Crippen molar-refractivity contribution in [2.75, 3.05) is 38.2 Å². The van der Waals surface area contributed by atoms with Crippen LogP contribution < -0.4 is 14.4 Å². The van der Waals surface area contributed by atoms with E-state index < -0.39 is 0 Å². The second-order valence-electron chi connectivity index (χ2n) is 8.16. The summed E-state index contributed by atoms with van der Waals surface area (Å²) < 4.78 is 11.4. The molecular weight excluding hydrogens is 452 g/mol. The van der Waals surface area contributed by atoms with Crippen molar-refractivity contribution < 1.29 is 19.1 Å². The second kappa shape index (κ2) is 10.6. The van der Waals surface area contributed by atoms with Gasteiger partial charge in [-0.25, -0.2) is 0 Å². The Kier molecular flexibility index (Phi) is 7.38. The number of piperazine rings is 1. The van der Waals surface area contributed by atoms with E-state index in [1.54, 1.807) is 32.2 Å². The molecule has 0 atom stereocenters. The van der Waals surface area contributed by atoms with Crippen LogP contribution in [0.5, 0.6) is 11.5 Å². The van der Waals surface area contributed by atoms with Gasteiger partial charge >= 0.3 is 0 Å². The van der Waals surface area contributed by atoms with E-state index in [0.29, 0.717) is 47.3 Å². The van der Waals surface area contributed by atoms with Gasteiger partial charge in [-0.1, -0.05) is 23.7 Å². The van der Waals surface area contributed by atoms with Crippen molar-refractivity contribution in [3.63, 3.8) is 0 Å². The number of nitrogens with zero attached hydrogens (tertiary/aromatic N) is 2. The minimum absolute atomic E-state index is 0.0332. The van der Waals surface area contributed by atoms with E-state index in [2.05, 4.69) is 4.90 Å². The largest absolute Gasteiger partial charge is 0.493 e. The minimum Gasteiger partial charge on any atom is -0.493 e. The third kappa shape index (κ3) is 5.51. The number of amides is 1. The minimum atomic E-state index is -0.0332. The average molecular weight is 479 g/mol. The number of carbonyl (C=O) groups is 2. The average Bonchev–Trinajstić information content (AvgIpc) is 2.88. The summed E-state index contributed by atoms with van der Waals surface area (Å²) in [6.07, 6.45) is 0. The zero-order valence-corrected chi connectivity index (χ0v) is 20.0. The number of hydrogen-bond acceptors (Lipinski definition) is 5. The molecular formula is C27H27ClN2O4. The first-order valence-corrected chi connectivity index (χ1v) is 11.5. The first kappa shape index (κ1) is 23.6. The van der Waals surface area contributed by atoms with E-state index in [1.165, 1.54) is 0 Å². The Labute approximate surface area is 204 Å². The van der Waals surface area contributed by atoms with Crippen LogP contribution in [0, 0.1) is 0 Å². The molecule has 6 nitrogen and oxygen atoms in total. The zero-order chi connectivity index (χ0) is 24.1. The van der Waals surface area contributed by atoms with Gasteiger partial charge in [0.05, 0.1) is 7.11 Å². The van der Waals surface area contributed by atoms with Crippen LogP contribution in [-0.2, 0) is 6.61 Å². The number of carbonyl (C=O) groups excluding carboxylic acids is 2. The third-order valence-corrected chi connectivity index (χ3v) is 6.18. The molecule has 3 aromatic carbocycles. The summed E-state index contributed by atoms with van der Waals surface area (Å²) in [6.45, 7) is 4.62. The van der Waals surface area contributed by atoms with Crippen LogP contribution in [0.2, 0.25) is 5.02 Å². The standard InChI is InChI=1S/C27H27ClN2O4/c1-19(31)21-5-10-24(11-6-21)29-13-15-30(16-14-29)27(32)22-7-12-25(26(17-22)33-2)34-18-20-3-8-23(28)9-4-20/h3-12,17H,13-16,18H2,1-2H3. The van der Waals surface area contributed by atoms with Crippen LogP contribution in [0.25, 0.3) is 0 Å². The van der Waals surface area contributed by atoms with E-state index in [1.807, 2.05) is 53.4 Å². The summed E-state index contributed by atoms with van der Waals surface area (Å²) in [4.78, 5) is 28.7. The van der Waals surface area contributed by atoms with Crippen LogP contribution in [0.1, 0.15) is 33.2 Å². The second-order valence-corrected chi connectivity index (χ2v) is 8.60. The summed E-state index contributed by atoms with van der Waals surface area (Å²) >= 11 is 5.93. The number of ketones is 1. The van der Waals surface area contributed by atoms with Gasteiger partial charge in [0, 0.05) is 48.0 Å². The number of methoxy groups -OCH3 is 1. The van der Waals surface area contributed by atoms with Gasteiger partial charge in [-0.3, -0.25) is 9.59 Å². The summed E-state index contributed by atoms with van der Waals surface area (Å²) in [7, 11) is 1.56. The Bertz CT molecular complexity index is 1150. The Hall–Kier alpha value is -3.51. The van der Waals surface area contributed by atoms with Gasteiger partial charge in [0.1, 0.15) is 6.61 Å². The normalized spacial score (nSPS) is 13.5. The molecule has 0 radical (unpaired) electrons. The van der Waals surface area contributed by atoms with Crippen molar-refractivity contribution in [2.24, 2.45) is 0 Å². The first-order chi connectivity index (χ1) is 16.4. The molecule has 0 bridgehead atoms. The van der Waals surface area contributed by atoms with Gasteiger partial charge in [0.15, 0.2) is 17.3 Å². The topological polar surface area (TPSA) is 59.1 Å². The van der Waals surface area contributed by atoms with Crippen LogP contribution in [-0.4, -0.2) is 49.9 Å². The monoisotopic (exact) mass is 478 g/mol. The molecule has 0 aromatic heterocycles. The summed E-state index contributed by atoms with van der Waals surface area (Å²) in [5.41, 5.74) is 3.31. The lowest BCUT2D eigenvalue weighted by Crippen LogP contribution is -2.48. The summed E-state index contributed by atoms with van der Waals surface area (Å²) in [5.74, 6) is 1.12. The fraction of sp³-hybridized carbons (Fsp3) is 0.259. The van der Waals surface area contributed by atoms with Crippen LogP contribution >= 0.6 is 11.6 Å². The van der Waals surface area contributed by atoms with Crippen LogP contribution in [0.4, 0.5) is 5.69 Å². The lowest BCUT2D eigenvalue weighted by Gasteiger charge is -2.36. The van der Waals surface area contributed by atoms with Gasteiger partial charge in [-0.15, -0.1) is 0 Å². The van der Waals surface area contributed by atoms with Crippen molar-refractivity contribution in [3.05, 3.63) is 88.4 Å². The summed E-state index contributed by atoms with van der Waals surface area (Å²) in [6, 6.07) is 20.3. The smallest absolute Gasteiger partial charge is 0.254 e. The molecule has 1 saturated heterocycles. The van der Waals surface area contributed by atoms with E-state index >= 15 is 0 Å². The highest BCUT2D eigenvalue weighted by molar-refractivity contribution is 6.30. The van der Waals surface area contributed by atoms with Crippen molar-refractivity contribution in [1.82, 2.24) is 4.90 Å². The molecule has 0 aliphatic carbocycles. The zero-order valence-electron chi connectivity index (χ0n) is 19.3. The summed E-state index contributed by atoms with van der Waals surface area (Å²) in [5, 5.41) is 0.677.